The second kappa shape index (κ2) is 6.74. The van der Waals surface area contributed by atoms with Crippen molar-refractivity contribution >= 4 is 23.2 Å². The predicted octanol–water partition coefficient (Wildman–Crippen LogP) is 2.53. The van der Waals surface area contributed by atoms with Gasteiger partial charge in [0, 0.05) is 23.0 Å². The fourth-order valence-electron chi connectivity index (χ4n) is 2.40. The molecule has 2 heterocycles. The maximum atomic E-state index is 12.4. The third-order valence-electron chi connectivity index (χ3n) is 3.47. The topological polar surface area (TPSA) is 84.2 Å². The summed E-state index contributed by atoms with van der Waals surface area (Å²) in [6, 6.07) is 0.900. The molecule has 0 aromatic carbocycles. The van der Waals surface area contributed by atoms with Crippen molar-refractivity contribution in [3.8, 4) is 5.13 Å². The van der Waals surface area contributed by atoms with Crippen LogP contribution in [0.1, 0.15) is 41.5 Å². The second-order valence-corrected chi connectivity index (χ2v) is 5.96. The molecule has 0 aliphatic carbocycles. The molecule has 6 nitrogen and oxygen atoms in total. The van der Waals surface area contributed by atoms with Gasteiger partial charge in [0.15, 0.2) is 5.13 Å². The zero-order chi connectivity index (χ0) is 16.3. The quantitative estimate of drug-likeness (QED) is 0.856. The first-order valence-corrected chi connectivity index (χ1v) is 7.96. The number of carbonyl (C=O) groups excluding carboxylic acids is 1. The molecule has 0 aliphatic rings. The van der Waals surface area contributed by atoms with Crippen molar-refractivity contribution in [1.82, 2.24) is 14.9 Å². The molecular weight excluding hydrogens is 302 g/mol. The Bertz CT molecular complexity index is 677. The first-order chi connectivity index (χ1) is 10.5. The summed E-state index contributed by atoms with van der Waals surface area (Å²) in [5.74, 6) is -1.37. The van der Waals surface area contributed by atoms with E-state index in [4.69, 9.17) is 5.11 Å². The molecule has 2 aromatic rings. The lowest BCUT2D eigenvalue weighted by atomic mass is 10.1. The minimum Gasteiger partial charge on any atom is -0.480 e. The Morgan fingerprint density at radius 2 is 2.18 bits per heavy atom. The molecule has 0 saturated carbocycles. The van der Waals surface area contributed by atoms with Crippen LogP contribution in [0.15, 0.2) is 17.6 Å². The maximum absolute atomic E-state index is 12.4. The first kappa shape index (κ1) is 16.2. The molecule has 0 radical (unpaired) electrons. The van der Waals surface area contributed by atoms with Crippen LogP contribution in [0.2, 0.25) is 0 Å². The fourth-order valence-corrected chi connectivity index (χ4v) is 3.15. The van der Waals surface area contributed by atoms with Crippen LogP contribution in [0.25, 0.3) is 5.13 Å². The highest BCUT2D eigenvalue weighted by molar-refractivity contribution is 7.12. The number of carbonyl (C=O) groups is 2. The normalized spacial score (nSPS) is 12.1. The zero-order valence-electron chi connectivity index (χ0n) is 12.8. The number of carboxylic acid groups (broad SMARTS) is 1. The number of aliphatic carboxylic acids is 1. The van der Waals surface area contributed by atoms with E-state index < -0.39 is 12.0 Å². The Morgan fingerprint density at radius 3 is 2.73 bits per heavy atom. The number of carboxylic acids is 1. The monoisotopic (exact) mass is 321 g/mol. The van der Waals surface area contributed by atoms with Crippen LogP contribution in [0, 0.1) is 13.8 Å². The van der Waals surface area contributed by atoms with Gasteiger partial charge in [-0.05, 0) is 26.3 Å². The summed E-state index contributed by atoms with van der Waals surface area (Å²) < 4.78 is 1.90. The van der Waals surface area contributed by atoms with Crippen molar-refractivity contribution in [1.29, 1.82) is 0 Å². The molecule has 2 rings (SSSR count). The molecule has 1 atom stereocenters. The van der Waals surface area contributed by atoms with Crippen LogP contribution >= 0.6 is 11.3 Å². The van der Waals surface area contributed by atoms with E-state index in [2.05, 4.69) is 10.3 Å². The van der Waals surface area contributed by atoms with Crippen LogP contribution < -0.4 is 5.32 Å². The number of thiazole rings is 1. The molecule has 0 aliphatic heterocycles. The number of rotatable bonds is 6. The summed E-state index contributed by atoms with van der Waals surface area (Å²) in [7, 11) is 0. The Hall–Kier alpha value is -2.15. The molecule has 2 N–H and O–H groups in total. The number of aromatic nitrogens is 2. The molecular formula is C15H19N3O3S. The Kier molecular flexibility index (Phi) is 4.97. The Morgan fingerprint density at radius 1 is 1.45 bits per heavy atom. The van der Waals surface area contributed by atoms with E-state index >= 15 is 0 Å². The molecule has 0 bridgehead atoms. The average molecular weight is 321 g/mol. The summed E-state index contributed by atoms with van der Waals surface area (Å²) in [5.41, 5.74) is 2.13. The lowest BCUT2D eigenvalue weighted by Crippen LogP contribution is -2.40. The van der Waals surface area contributed by atoms with Crippen molar-refractivity contribution in [2.24, 2.45) is 0 Å². The number of aryl methyl sites for hydroxylation is 1. The molecule has 22 heavy (non-hydrogen) atoms. The smallest absolute Gasteiger partial charge is 0.326 e. The Balaban J connectivity index is 2.28. The lowest BCUT2D eigenvalue weighted by Gasteiger charge is -2.13. The summed E-state index contributed by atoms with van der Waals surface area (Å²) in [5, 5.41) is 14.4. The fraction of sp³-hybridized carbons (Fsp3) is 0.400. The van der Waals surface area contributed by atoms with E-state index in [-0.39, 0.29) is 5.91 Å². The maximum Gasteiger partial charge on any atom is 0.326 e. The summed E-state index contributed by atoms with van der Waals surface area (Å²) in [6.45, 7) is 5.61. The van der Waals surface area contributed by atoms with Gasteiger partial charge in [-0.25, -0.2) is 9.78 Å². The van der Waals surface area contributed by atoms with Crippen LogP contribution in [0.3, 0.4) is 0 Å². The van der Waals surface area contributed by atoms with Crippen LogP contribution in [0.4, 0.5) is 0 Å². The van der Waals surface area contributed by atoms with Crippen molar-refractivity contribution in [2.45, 2.75) is 39.7 Å². The third kappa shape index (κ3) is 3.19. The van der Waals surface area contributed by atoms with Gasteiger partial charge in [-0.1, -0.05) is 13.3 Å². The molecule has 0 fully saturated rings. The molecule has 1 unspecified atom stereocenters. The highest BCUT2D eigenvalue weighted by Gasteiger charge is 2.23. The van der Waals surface area contributed by atoms with Gasteiger partial charge in [0.1, 0.15) is 6.04 Å². The first-order valence-electron chi connectivity index (χ1n) is 7.08. The molecule has 0 saturated heterocycles. The zero-order valence-corrected chi connectivity index (χ0v) is 13.6. The lowest BCUT2D eigenvalue weighted by molar-refractivity contribution is -0.139. The minimum atomic E-state index is -1.01. The highest BCUT2D eigenvalue weighted by Crippen LogP contribution is 2.22. The molecule has 0 spiro atoms. The molecule has 118 valence electrons. The molecule has 1 amide bonds. The third-order valence-corrected chi connectivity index (χ3v) is 4.22. The van der Waals surface area contributed by atoms with Gasteiger partial charge >= 0.3 is 5.97 Å². The van der Waals surface area contributed by atoms with E-state index in [0.29, 0.717) is 18.4 Å². The van der Waals surface area contributed by atoms with Gasteiger partial charge in [-0.3, -0.25) is 9.36 Å². The van der Waals surface area contributed by atoms with Gasteiger partial charge in [0.25, 0.3) is 5.91 Å². The van der Waals surface area contributed by atoms with Crippen molar-refractivity contribution in [3.05, 3.63) is 34.6 Å². The minimum absolute atomic E-state index is 0.364. The number of nitrogens with zero attached hydrogens (tertiary/aromatic N) is 2. The van der Waals surface area contributed by atoms with E-state index in [1.807, 2.05) is 30.7 Å². The van der Waals surface area contributed by atoms with E-state index in [0.717, 1.165) is 16.5 Å². The molecule has 7 heteroatoms. The predicted molar refractivity (Wildman–Crippen MR) is 84.7 cm³/mol. The van der Waals surface area contributed by atoms with Gasteiger partial charge in [-0.15, -0.1) is 11.3 Å². The van der Waals surface area contributed by atoms with Crippen LogP contribution in [-0.2, 0) is 4.79 Å². The van der Waals surface area contributed by atoms with E-state index in [1.165, 1.54) is 11.3 Å². The van der Waals surface area contributed by atoms with Crippen molar-refractivity contribution in [2.75, 3.05) is 0 Å². The number of amides is 1. The summed E-state index contributed by atoms with van der Waals surface area (Å²) in [4.78, 5) is 27.8. The van der Waals surface area contributed by atoms with Gasteiger partial charge in [0.2, 0.25) is 0 Å². The van der Waals surface area contributed by atoms with Crippen molar-refractivity contribution in [3.63, 3.8) is 0 Å². The molecule has 2 aromatic heterocycles. The average Bonchev–Trinajstić information content (AvgIpc) is 3.06. The van der Waals surface area contributed by atoms with E-state index in [9.17, 15) is 9.59 Å². The van der Waals surface area contributed by atoms with Crippen LogP contribution in [-0.4, -0.2) is 32.6 Å². The number of hydrogen-bond acceptors (Lipinski definition) is 4. The summed E-state index contributed by atoms with van der Waals surface area (Å²) in [6.07, 6.45) is 2.81. The second-order valence-electron chi connectivity index (χ2n) is 5.09. The van der Waals surface area contributed by atoms with Crippen LogP contribution in [0.5, 0.6) is 0 Å². The van der Waals surface area contributed by atoms with Crippen molar-refractivity contribution < 1.29 is 14.7 Å². The SMILES string of the molecule is CCCC(NC(=O)c1cc(C)n(-c2nccs2)c1C)C(=O)O. The van der Waals surface area contributed by atoms with Gasteiger partial charge in [-0.2, -0.15) is 0 Å². The van der Waals surface area contributed by atoms with Gasteiger partial charge < -0.3 is 10.4 Å². The summed E-state index contributed by atoms with van der Waals surface area (Å²) >= 11 is 1.48. The largest absolute Gasteiger partial charge is 0.480 e. The standard InChI is InChI=1S/C15H19N3O3S/c1-4-5-12(14(20)21)17-13(19)11-8-9(2)18(10(11)3)15-16-6-7-22-15/h6-8,12H,4-5H2,1-3H3,(H,17,19)(H,20,21). The van der Waals surface area contributed by atoms with Gasteiger partial charge in [0.05, 0.1) is 5.56 Å². The van der Waals surface area contributed by atoms with E-state index in [1.54, 1.807) is 12.3 Å². The highest BCUT2D eigenvalue weighted by atomic mass is 32.1. The Labute approximate surface area is 132 Å². The number of nitrogens with one attached hydrogen (secondary N) is 1. The number of hydrogen-bond donors (Lipinski definition) is 2.